The molecule has 1 heterocycles. The van der Waals surface area contributed by atoms with Crippen LogP contribution in [-0.4, -0.2) is 46.2 Å². The zero-order valence-corrected chi connectivity index (χ0v) is 14.4. The minimum absolute atomic E-state index is 0.00710. The molecule has 2 N–H and O–H groups in total. The molecule has 1 aromatic heterocycles. The highest BCUT2D eigenvalue weighted by Gasteiger charge is 2.30. The normalized spacial score (nSPS) is 25.1. The standard InChI is InChI=1S/C17H29N3O3/c1-12-11-13(2)20(19-12)10-6-9-16(21)18-14-7-4-5-8-15(23-3)17(14)22/h11,14-15,17,22H,4-10H2,1-3H3,(H,18,21)/t14-,15-,17-/m1/s1. The summed E-state index contributed by atoms with van der Waals surface area (Å²) in [5.74, 6) is -0.00710. The smallest absolute Gasteiger partial charge is 0.220 e. The maximum Gasteiger partial charge on any atom is 0.220 e. The highest BCUT2D eigenvalue weighted by molar-refractivity contribution is 5.76. The number of aliphatic hydroxyl groups is 1. The van der Waals surface area contributed by atoms with Gasteiger partial charge in [0.2, 0.25) is 5.91 Å². The number of nitrogens with zero attached hydrogens (tertiary/aromatic N) is 2. The number of nitrogens with one attached hydrogen (secondary N) is 1. The first-order valence-electron chi connectivity index (χ1n) is 8.52. The molecule has 1 aromatic rings. The van der Waals surface area contributed by atoms with E-state index in [4.69, 9.17) is 4.74 Å². The second kappa shape index (κ2) is 8.45. The molecule has 6 nitrogen and oxygen atoms in total. The quantitative estimate of drug-likeness (QED) is 0.782. The molecule has 0 bridgehead atoms. The van der Waals surface area contributed by atoms with Gasteiger partial charge in [-0.2, -0.15) is 5.10 Å². The molecular formula is C17H29N3O3. The van der Waals surface area contributed by atoms with E-state index in [0.717, 1.165) is 50.0 Å². The predicted molar refractivity (Wildman–Crippen MR) is 88.1 cm³/mol. The lowest BCUT2D eigenvalue weighted by Gasteiger charge is -2.27. The van der Waals surface area contributed by atoms with Crippen LogP contribution in [0.2, 0.25) is 0 Å². The van der Waals surface area contributed by atoms with E-state index in [1.54, 1.807) is 7.11 Å². The predicted octanol–water partition coefficient (Wildman–Crippen LogP) is 1.71. The van der Waals surface area contributed by atoms with Gasteiger partial charge in [-0.3, -0.25) is 9.48 Å². The van der Waals surface area contributed by atoms with E-state index >= 15 is 0 Å². The third kappa shape index (κ3) is 5.04. The molecule has 2 rings (SSSR count). The maximum absolute atomic E-state index is 12.2. The van der Waals surface area contributed by atoms with Gasteiger partial charge in [-0.15, -0.1) is 0 Å². The molecule has 1 amide bonds. The van der Waals surface area contributed by atoms with Crippen molar-refractivity contribution in [3.8, 4) is 0 Å². The Kier molecular flexibility index (Phi) is 6.59. The molecule has 1 fully saturated rings. The minimum Gasteiger partial charge on any atom is -0.388 e. The van der Waals surface area contributed by atoms with Crippen molar-refractivity contribution in [3.05, 3.63) is 17.5 Å². The highest BCUT2D eigenvalue weighted by Crippen LogP contribution is 2.21. The van der Waals surface area contributed by atoms with Crippen LogP contribution in [0.1, 0.15) is 49.9 Å². The zero-order chi connectivity index (χ0) is 16.8. The van der Waals surface area contributed by atoms with Gasteiger partial charge in [-0.25, -0.2) is 0 Å². The van der Waals surface area contributed by atoms with Crippen LogP contribution in [0.25, 0.3) is 0 Å². The lowest BCUT2D eigenvalue weighted by Crippen LogP contribution is -2.48. The molecule has 3 atom stereocenters. The fourth-order valence-electron chi connectivity index (χ4n) is 3.29. The summed E-state index contributed by atoms with van der Waals surface area (Å²) in [6, 6.07) is 1.83. The van der Waals surface area contributed by atoms with Crippen LogP contribution in [0.4, 0.5) is 0 Å². The van der Waals surface area contributed by atoms with E-state index in [9.17, 15) is 9.90 Å². The molecule has 0 radical (unpaired) electrons. The number of rotatable bonds is 6. The summed E-state index contributed by atoms with van der Waals surface area (Å²) < 4.78 is 7.27. The van der Waals surface area contributed by atoms with E-state index in [-0.39, 0.29) is 18.1 Å². The van der Waals surface area contributed by atoms with E-state index in [2.05, 4.69) is 10.4 Å². The van der Waals surface area contributed by atoms with Crippen LogP contribution >= 0.6 is 0 Å². The zero-order valence-electron chi connectivity index (χ0n) is 14.4. The molecule has 0 aliphatic heterocycles. The highest BCUT2D eigenvalue weighted by atomic mass is 16.5. The van der Waals surface area contributed by atoms with E-state index in [1.807, 2.05) is 24.6 Å². The Morgan fingerprint density at radius 1 is 1.43 bits per heavy atom. The van der Waals surface area contributed by atoms with Crippen molar-refractivity contribution in [1.29, 1.82) is 0 Å². The van der Waals surface area contributed by atoms with Crippen LogP contribution in [0.5, 0.6) is 0 Å². The van der Waals surface area contributed by atoms with Crippen molar-refractivity contribution in [2.75, 3.05) is 7.11 Å². The molecular weight excluding hydrogens is 294 g/mol. The number of hydrogen-bond donors (Lipinski definition) is 2. The Hall–Kier alpha value is -1.40. The number of hydrogen-bond acceptors (Lipinski definition) is 4. The SMILES string of the molecule is CO[C@@H]1CCCC[C@@H](NC(=O)CCCn2nc(C)cc2C)[C@H]1O. The van der Waals surface area contributed by atoms with Crippen molar-refractivity contribution in [2.24, 2.45) is 0 Å². The lowest BCUT2D eigenvalue weighted by molar-refractivity contribution is -0.123. The topological polar surface area (TPSA) is 76.4 Å². The molecule has 1 saturated carbocycles. The third-order valence-corrected chi connectivity index (χ3v) is 4.57. The number of aryl methyl sites for hydroxylation is 3. The van der Waals surface area contributed by atoms with Gasteiger partial charge in [0, 0.05) is 25.8 Å². The van der Waals surface area contributed by atoms with Gasteiger partial charge in [0.25, 0.3) is 0 Å². The van der Waals surface area contributed by atoms with E-state index in [1.165, 1.54) is 0 Å². The monoisotopic (exact) mass is 323 g/mol. The third-order valence-electron chi connectivity index (χ3n) is 4.57. The van der Waals surface area contributed by atoms with Crippen molar-refractivity contribution in [3.63, 3.8) is 0 Å². The van der Waals surface area contributed by atoms with Gasteiger partial charge >= 0.3 is 0 Å². The lowest BCUT2D eigenvalue weighted by atomic mass is 10.0. The van der Waals surface area contributed by atoms with Crippen LogP contribution in [-0.2, 0) is 16.1 Å². The first-order chi connectivity index (χ1) is 11.0. The van der Waals surface area contributed by atoms with E-state index in [0.29, 0.717) is 6.42 Å². The summed E-state index contributed by atoms with van der Waals surface area (Å²) in [7, 11) is 1.62. The van der Waals surface area contributed by atoms with Gasteiger partial charge in [-0.05, 0) is 39.2 Å². The number of ether oxygens (including phenoxy) is 1. The average Bonchev–Trinajstić information content (AvgIpc) is 2.72. The second-order valence-electron chi connectivity index (χ2n) is 6.48. The van der Waals surface area contributed by atoms with Crippen molar-refractivity contribution in [1.82, 2.24) is 15.1 Å². The van der Waals surface area contributed by atoms with Gasteiger partial charge < -0.3 is 15.2 Å². The summed E-state index contributed by atoms with van der Waals surface area (Å²) in [4.78, 5) is 12.2. The summed E-state index contributed by atoms with van der Waals surface area (Å²) in [5, 5.41) is 17.7. The molecule has 0 aromatic carbocycles. The second-order valence-corrected chi connectivity index (χ2v) is 6.48. The molecule has 1 aliphatic rings. The number of carbonyl (C=O) groups excluding carboxylic acids is 1. The number of amides is 1. The Balaban J connectivity index is 1.78. The van der Waals surface area contributed by atoms with Crippen LogP contribution < -0.4 is 5.32 Å². The number of aromatic nitrogens is 2. The number of methoxy groups -OCH3 is 1. The van der Waals surface area contributed by atoms with E-state index < -0.39 is 6.10 Å². The molecule has 0 saturated heterocycles. The average molecular weight is 323 g/mol. The first kappa shape index (κ1) is 17.9. The van der Waals surface area contributed by atoms with Crippen LogP contribution in [0, 0.1) is 13.8 Å². The summed E-state index contributed by atoms with van der Waals surface area (Å²) in [5.41, 5.74) is 2.11. The summed E-state index contributed by atoms with van der Waals surface area (Å²) >= 11 is 0. The van der Waals surface area contributed by atoms with Crippen molar-refractivity contribution >= 4 is 5.91 Å². The van der Waals surface area contributed by atoms with Crippen LogP contribution in [0.3, 0.4) is 0 Å². The Bertz CT molecular complexity index is 515. The van der Waals surface area contributed by atoms with Crippen molar-refractivity contribution < 1.29 is 14.6 Å². The first-order valence-corrected chi connectivity index (χ1v) is 8.52. The minimum atomic E-state index is -0.623. The Morgan fingerprint density at radius 2 is 2.17 bits per heavy atom. The van der Waals surface area contributed by atoms with Crippen LogP contribution in [0.15, 0.2) is 6.07 Å². The molecule has 6 heteroatoms. The molecule has 0 spiro atoms. The number of aliphatic hydroxyl groups excluding tert-OH is 1. The summed E-state index contributed by atoms with van der Waals surface area (Å²) in [6.07, 6.45) is 4.07. The molecule has 1 aliphatic carbocycles. The Morgan fingerprint density at radius 3 is 2.83 bits per heavy atom. The van der Waals surface area contributed by atoms with Gasteiger partial charge in [0.15, 0.2) is 0 Å². The van der Waals surface area contributed by atoms with Gasteiger partial charge in [-0.1, -0.05) is 12.8 Å². The fourth-order valence-corrected chi connectivity index (χ4v) is 3.29. The maximum atomic E-state index is 12.2. The number of carbonyl (C=O) groups is 1. The van der Waals surface area contributed by atoms with Gasteiger partial charge in [0.05, 0.1) is 17.8 Å². The molecule has 23 heavy (non-hydrogen) atoms. The Labute approximate surface area is 138 Å². The van der Waals surface area contributed by atoms with Gasteiger partial charge in [0.1, 0.15) is 6.10 Å². The van der Waals surface area contributed by atoms with Crippen molar-refractivity contribution in [2.45, 2.75) is 77.2 Å². The summed E-state index contributed by atoms with van der Waals surface area (Å²) in [6.45, 7) is 4.73. The molecule has 0 unspecified atom stereocenters. The fraction of sp³-hybridized carbons (Fsp3) is 0.765. The molecule has 130 valence electrons. The largest absolute Gasteiger partial charge is 0.388 e.